The first-order chi connectivity index (χ1) is 7.56. The van der Waals surface area contributed by atoms with Crippen LogP contribution in [0.2, 0.25) is 0 Å². The summed E-state index contributed by atoms with van der Waals surface area (Å²) in [4.78, 5) is 11.4. The van der Waals surface area contributed by atoms with Crippen molar-refractivity contribution < 1.29 is 4.79 Å². The molecule has 0 radical (unpaired) electrons. The third-order valence-corrected chi connectivity index (χ3v) is 2.79. The number of hydrogen-bond donors (Lipinski definition) is 2. The average Bonchev–Trinajstić information content (AvgIpc) is 2.28. The van der Waals surface area contributed by atoms with Crippen molar-refractivity contribution in [2.45, 2.75) is 32.9 Å². The van der Waals surface area contributed by atoms with Gasteiger partial charge in [0.1, 0.15) is 0 Å². The summed E-state index contributed by atoms with van der Waals surface area (Å²) in [6, 6.07) is 8.20. The van der Waals surface area contributed by atoms with E-state index in [0.29, 0.717) is 0 Å². The quantitative estimate of drug-likeness (QED) is 0.812. The number of nitrogens with one attached hydrogen (secondary N) is 2. The Morgan fingerprint density at radius 2 is 1.88 bits per heavy atom. The number of hydrogen-bond acceptors (Lipinski definition) is 2. The van der Waals surface area contributed by atoms with Crippen LogP contribution in [0.3, 0.4) is 0 Å². The van der Waals surface area contributed by atoms with Crippen LogP contribution in [0.25, 0.3) is 0 Å². The third-order valence-electron chi connectivity index (χ3n) is 2.79. The van der Waals surface area contributed by atoms with Gasteiger partial charge in [-0.25, -0.2) is 0 Å². The van der Waals surface area contributed by atoms with Gasteiger partial charge in [-0.1, -0.05) is 24.3 Å². The second kappa shape index (κ2) is 5.66. The Bertz CT molecular complexity index is 363. The van der Waals surface area contributed by atoms with Crippen LogP contribution >= 0.6 is 0 Å². The van der Waals surface area contributed by atoms with Gasteiger partial charge in [0.05, 0.1) is 6.04 Å². The molecule has 0 spiro atoms. The van der Waals surface area contributed by atoms with Gasteiger partial charge in [0, 0.05) is 13.1 Å². The highest BCUT2D eigenvalue weighted by Crippen LogP contribution is 2.16. The molecule has 3 heteroatoms. The topological polar surface area (TPSA) is 41.1 Å². The molecule has 2 atom stereocenters. The molecule has 2 N–H and O–H groups in total. The molecule has 1 rings (SSSR count). The van der Waals surface area contributed by atoms with Gasteiger partial charge < -0.3 is 5.32 Å². The van der Waals surface area contributed by atoms with Crippen LogP contribution in [0.5, 0.6) is 0 Å². The summed E-state index contributed by atoms with van der Waals surface area (Å²) in [5.74, 6) is 0.0143. The third kappa shape index (κ3) is 3.07. The van der Waals surface area contributed by atoms with Crippen LogP contribution < -0.4 is 10.6 Å². The van der Waals surface area contributed by atoms with Crippen molar-refractivity contribution in [1.29, 1.82) is 0 Å². The standard InChI is InChI=1S/C13H20N2O/c1-9-7-5-6-8-12(9)10(2)15-11(3)13(16)14-4/h5-8,10-11,15H,1-4H3,(H,14,16)/t10-,11?/m0/s1. The Hall–Kier alpha value is -1.35. The molecule has 16 heavy (non-hydrogen) atoms. The summed E-state index contributed by atoms with van der Waals surface area (Å²) in [6.07, 6.45) is 0. The van der Waals surface area contributed by atoms with Gasteiger partial charge >= 0.3 is 0 Å². The molecule has 0 aromatic heterocycles. The molecule has 0 aliphatic rings. The van der Waals surface area contributed by atoms with Gasteiger partial charge in [0.25, 0.3) is 0 Å². The second-order valence-electron chi connectivity index (χ2n) is 4.08. The fraction of sp³-hybridized carbons (Fsp3) is 0.462. The van der Waals surface area contributed by atoms with E-state index < -0.39 is 0 Å². The molecule has 1 amide bonds. The predicted molar refractivity (Wildman–Crippen MR) is 66.3 cm³/mol. The summed E-state index contributed by atoms with van der Waals surface area (Å²) < 4.78 is 0. The van der Waals surface area contributed by atoms with E-state index in [1.807, 2.05) is 19.1 Å². The van der Waals surface area contributed by atoms with Gasteiger partial charge in [0.15, 0.2) is 0 Å². The van der Waals surface area contributed by atoms with E-state index in [9.17, 15) is 4.79 Å². The van der Waals surface area contributed by atoms with Gasteiger partial charge in [-0.2, -0.15) is 0 Å². The van der Waals surface area contributed by atoms with Crippen LogP contribution in [-0.2, 0) is 4.79 Å². The van der Waals surface area contributed by atoms with Gasteiger partial charge in [-0.15, -0.1) is 0 Å². The molecule has 0 aliphatic carbocycles. The first-order valence-electron chi connectivity index (χ1n) is 5.59. The Kier molecular flexibility index (Phi) is 4.50. The lowest BCUT2D eigenvalue weighted by molar-refractivity contribution is -0.122. The Balaban J connectivity index is 2.69. The van der Waals surface area contributed by atoms with Crippen LogP contribution in [0.15, 0.2) is 24.3 Å². The van der Waals surface area contributed by atoms with Crippen molar-refractivity contribution in [1.82, 2.24) is 10.6 Å². The van der Waals surface area contributed by atoms with E-state index in [0.717, 1.165) is 0 Å². The van der Waals surface area contributed by atoms with Crippen molar-refractivity contribution in [2.24, 2.45) is 0 Å². The summed E-state index contributed by atoms with van der Waals surface area (Å²) >= 11 is 0. The number of carbonyl (C=O) groups excluding carboxylic acids is 1. The molecule has 0 saturated carbocycles. The number of rotatable bonds is 4. The highest BCUT2D eigenvalue weighted by atomic mass is 16.2. The van der Waals surface area contributed by atoms with E-state index in [2.05, 4.69) is 36.6 Å². The van der Waals surface area contributed by atoms with E-state index in [1.165, 1.54) is 11.1 Å². The van der Waals surface area contributed by atoms with Gasteiger partial charge in [-0.05, 0) is 31.9 Å². The molecule has 0 aliphatic heterocycles. The fourth-order valence-electron chi connectivity index (χ4n) is 1.83. The van der Waals surface area contributed by atoms with Crippen LogP contribution in [0, 0.1) is 6.92 Å². The van der Waals surface area contributed by atoms with Crippen molar-refractivity contribution >= 4 is 5.91 Å². The molecule has 1 aromatic rings. The SMILES string of the molecule is CNC(=O)C(C)N[C@@H](C)c1ccccc1C. The van der Waals surface area contributed by atoms with Gasteiger partial charge in [0.2, 0.25) is 5.91 Å². The van der Waals surface area contributed by atoms with Crippen molar-refractivity contribution in [3.05, 3.63) is 35.4 Å². The molecule has 0 saturated heterocycles. The zero-order chi connectivity index (χ0) is 12.1. The molecule has 0 heterocycles. The van der Waals surface area contributed by atoms with Crippen molar-refractivity contribution in [3.8, 4) is 0 Å². The number of amides is 1. The van der Waals surface area contributed by atoms with Crippen LogP contribution in [-0.4, -0.2) is 19.0 Å². The van der Waals surface area contributed by atoms with Crippen LogP contribution in [0.1, 0.15) is 31.0 Å². The summed E-state index contributed by atoms with van der Waals surface area (Å²) in [5.41, 5.74) is 2.48. The fourth-order valence-corrected chi connectivity index (χ4v) is 1.83. The molecule has 0 fully saturated rings. The van der Waals surface area contributed by atoms with Crippen molar-refractivity contribution in [3.63, 3.8) is 0 Å². The molecule has 1 aromatic carbocycles. The first kappa shape index (κ1) is 12.7. The molecule has 3 nitrogen and oxygen atoms in total. The van der Waals surface area contributed by atoms with E-state index in [4.69, 9.17) is 0 Å². The minimum Gasteiger partial charge on any atom is -0.358 e. The molecule has 1 unspecified atom stereocenters. The molecule has 0 bridgehead atoms. The first-order valence-corrected chi connectivity index (χ1v) is 5.59. The summed E-state index contributed by atoms with van der Waals surface area (Å²) in [7, 11) is 1.65. The van der Waals surface area contributed by atoms with Gasteiger partial charge in [-0.3, -0.25) is 10.1 Å². The number of aryl methyl sites for hydroxylation is 1. The second-order valence-corrected chi connectivity index (χ2v) is 4.08. The summed E-state index contributed by atoms with van der Waals surface area (Å²) in [5, 5.41) is 5.91. The highest BCUT2D eigenvalue weighted by molar-refractivity contribution is 5.80. The zero-order valence-corrected chi connectivity index (χ0v) is 10.4. The van der Waals surface area contributed by atoms with E-state index in [1.54, 1.807) is 7.05 Å². The number of carbonyl (C=O) groups is 1. The lowest BCUT2D eigenvalue weighted by Crippen LogP contribution is -2.41. The van der Waals surface area contributed by atoms with Crippen molar-refractivity contribution in [2.75, 3.05) is 7.05 Å². The zero-order valence-electron chi connectivity index (χ0n) is 10.4. The largest absolute Gasteiger partial charge is 0.358 e. The Labute approximate surface area is 97.2 Å². The summed E-state index contributed by atoms with van der Waals surface area (Å²) in [6.45, 7) is 6.02. The predicted octanol–water partition coefficient (Wildman–Crippen LogP) is 1.78. The lowest BCUT2D eigenvalue weighted by atomic mass is 10.0. The van der Waals surface area contributed by atoms with Crippen LogP contribution in [0.4, 0.5) is 0 Å². The van der Waals surface area contributed by atoms with E-state index in [-0.39, 0.29) is 18.0 Å². The Morgan fingerprint density at radius 3 is 2.44 bits per heavy atom. The maximum Gasteiger partial charge on any atom is 0.236 e. The Morgan fingerprint density at radius 1 is 1.25 bits per heavy atom. The highest BCUT2D eigenvalue weighted by Gasteiger charge is 2.15. The number of likely N-dealkylation sites (N-methyl/N-ethyl adjacent to an activating group) is 1. The molecular weight excluding hydrogens is 200 g/mol. The normalized spacial score (nSPS) is 14.2. The number of benzene rings is 1. The molecular formula is C13H20N2O. The monoisotopic (exact) mass is 220 g/mol. The van der Waals surface area contributed by atoms with E-state index >= 15 is 0 Å². The smallest absolute Gasteiger partial charge is 0.236 e. The maximum atomic E-state index is 11.4. The lowest BCUT2D eigenvalue weighted by Gasteiger charge is -2.20. The maximum absolute atomic E-state index is 11.4. The minimum absolute atomic E-state index is 0.0143. The average molecular weight is 220 g/mol. The molecule has 88 valence electrons. The minimum atomic E-state index is -0.181.